The van der Waals surface area contributed by atoms with E-state index in [4.69, 9.17) is 9.47 Å². The van der Waals surface area contributed by atoms with E-state index in [2.05, 4.69) is 15.7 Å². The number of para-hydroxylation sites is 1. The van der Waals surface area contributed by atoms with Crippen molar-refractivity contribution in [3.05, 3.63) is 59.1 Å². The van der Waals surface area contributed by atoms with E-state index in [0.717, 1.165) is 0 Å². The molecular formula is C20H22N4O5. The van der Waals surface area contributed by atoms with Crippen LogP contribution in [0.15, 0.2) is 47.8 Å². The summed E-state index contributed by atoms with van der Waals surface area (Å²) in [4.78, 5) is 37.2. The monoisotopic (exact) mass is 398 g/mol. The van der Waals surface area contributed by atoms with Crippen LogP contribution in [0.2, 0.25) is 0 Å². The van der Waals surface area contributed by atoms with E-state index in [-0.39, 0.29) is 24.5 Å². The summed E-state index contributed by atoms with van der Waals surface area (Å²) in [5.41, 5.74) is 1.61. The molecule has 2 aromatic rings. The summed E-state index contributed by atoms with van der Waals surface area (Å²) in [6.07, 6.45) is 1.60. The summed E-state index contributed by atoms with van der Waals surface area (Å²) in [5.74, 6) is -1.24. The molecule has 0 bridgehead atoms. The molecule has 2 heterocycles. The van der Waals surface area contributed by atoms with Gasteiger partial charge in [0.15, 0.2) is 5.69 Å². The third-order valence-electron chi connectivity index (χ3n) is 4.31. The van der Waals surface area contributed by atoms with Crippen molar-refractivity contribution in [3.63, 3.8) is 0 Å². The molecule has 9 nitrogen and oxygen atoms in total. The van der Waals surface area contributed by atoms with Gasteiger partial charge in [-0.05, 0) is 32.9 Å². The second-order valence-electron chi connectivity index (χ2n) is 6.22. The normalized spacial score (nSPS) is 16.1. The van der Waals surface area contributed by atoms with Crippen molar-refractivity contribution in [2.75, 3.05) is 13.2 Å². The molecule has 2 N–H and O–H groups in total. The van der Waals surface area contributed by atoms with Gasteiger partial charge in [0, 0.05) is 17.5 Å². The molecular weight excluding hydrogens is 376 g/mol. The van der Waals surface area contributed by atoms with E-state index in [9.17, 15) is 14.4 Å². The zero-order chi connectivity index (χ0) is 21.0. The van der Waals surface area contributed by atoms with Crippen molar-refractivity contribution >= 4 is 18.0 Å². The smallest absolute Gasteiger partial charge is 0.359 e. The minimum absolute atomic E-state index is 0.0116. The van der Waals surface area contributed by atoms with Crippen LogP contribution >= 0.6 is 0 Å². The number of carbonyl (C=O) groups excluding carboxylic acids is 3. The van der Waals surface area contributed by atoms with Crippen LogP contribution in [0.1, 0.15) is 42.9 Å². The summed E-state index contributed by atoms with van der Waals surface area (Å²) in [5, 5.41) is 9.61. The molecule has 0 unspecified atom stereocenters. The van der Waals surface area contributed by atoms with Crippen LogP contribution in [0.3, 0.4) is 0 Å². The number of benzene rings is 1. The Kier molecular flexibility index (Phi) is 5.96. The molecule has 9 heteroatoms. The van der Waals surface area contributed by atoms with Gasteiger partial charge in [-0.3, -0.25) is 0 Å². The van der Waals surface area contributed by atoms with Crippen LogP contribution in [-0.4, -0.2) is 41.0 Å². The first-order valence-corrected chi connectivity index (χ1v) is 9.23. The van der Waals surface area contributed by atoms with Crippen LogP contribution in [0.25, 0.3) is 5.69 Å². The SMILES string of the molecule is CCOC(=O)C1=C(C)NC(=O)N[C@@H]1c1cn(-c2ccccc2)nc1C(=O)OCC. The largest absolute Gasteiger partial charge is 0.463 e. The van der Waals surface area contributed by atoms with E-state index < -0.39 is 24.0 Å². The van der Waals surface area contributed by atoms with Crippen molar-refractivity contribution in [3.8, 4) is 5.69 Å². The van der Waals surface area contributed by atoms with Crippen molar-refractivity contribution in [2.24, 2.45) is 0 Å². The summed E-state index contributed by atoms with van der Waals surface area (Å²) < 4.78 is 11.8. The molecule has 29 heavy (non-hydrogen) atoms. The van der Waals surface area contributed by atoms with Gasteiger partial charge in [0.1, 0.15) is 0 Å². The van der Waals surface area contributed by atoms with E-state index >= 15 is 0 Å². The first kappa shape index (κ1) is 20.1. The number of hydrogen-bond acceptors (Lipinski definition) is 6. The van der Waals surface area contributed by atoms with E-state index in [1.807, 2.05) is 30.3 Å². The molecule has 0 aliphatic carbocycles. The fraction of sp³-hybridized carbons (Fsp3) is 0.300. The van der Waals surface area contributed by atoms with Gasteiger partial charge < -0.3 is 20.1 Å². The predicted molar refractivity (Wildman–Crippen MR) is 103 cm³/mol. The highest BCUT2D eigenvalue weighted by Gasteiger charge is 2.36. The molecule has 3 rings (SSSR count). The number of allylic oxidation sites excluding steroid dienone is 1. The fourth-order valence-corrected chi connectivity index (χ4v) is 3.08. The van der Waals surface area contributed by atoms with Gasteiger partial charge in [-0.15, -0.1) is 0 Å². The van der Waals surface area contributed by atoms with Crippen LogP contribution in [0.5, 0.6) is 0 Å². The maximum absolute atomic E-state index is 12.6. The Morgan fingerprint density at radius 3 is 2.41 bits per heavy atom. The van der Waals surface area contributed by atoms with Gasteiger partial charge in [0.25, 0.3) is 0 Å². The fourth-order valence-electron chi connectivity index (χ4n) is 3.08. The third-order valence-corrected chi connectivity index (χ3v) is 4.31. The molecule has 1 aromatic carbocycles. The molecule has 0 fully saturated rings. The summed E-state index contributed by atoms with van der Waals surface area (Å²) >= 11 is 0. The topological polar surface area (TPSA) is 112 Å². The standard InChI is InChI=1S/C20H22N4O5/c1-4-28-18(25)15-12(3)21-20(27)22-16(15)14-11-24(13-9-7-6-8-10-13)23-17(14)19(26)29-5-2/h6-11,16H,4-5H2,1-3H3,(H2,21,22,27)/t16-/m1/s1. The predicted octanol–water partition coefficient (Wildman–Crippen LogP) is 2.24. The number of carbonyl (C=O) groups is 3. The summed E-state index contributed by atoms with van der Waals surface area (Å²) in [7, 11) is 0. The molecule has 1 aliphatic rings. The lowest BCUT2D eigenvalue weighted by molar-refractivity contribution is -0.139. The zero-order valence-corrected chi connectivity index (χ0v) is 16.4. The molecule has 0 saturated carbocycles. The van der Waals surface area contributed by atoms with Crippen LogP contribution in [0, 0.1) is 0 Å². The van der Waals surface area contributed by atoms with Crippen LogP contribution in [0.4, 0.5) is 4.79 Å². The number of hydrogen-bond donors (Lipinski definition) is 2. The van der Waals surface area contributed by atoms with Crippen LogP contribution < -0.4 is 10.6 Å². The minimum atomic E-state index is -0.917. The van der Waals surface area contributed by atoms with Crippen molar-refractivity contribution in [2.45, 2.75) is 26.8 Å². The number of nitrogens with one attached hydrogen (secondary N) is 2. The maximum atomic E-state index is 12.6. The number of nitrogens with zero attached hydrogens (tertiary/aromatic N) is 2. The van der Waals surface area contributed by atoms with Gasteiger partial charge in [-0.1, -0.05) is 18.2 Å². The average molecular weight is 398 g/mol. The Balaban J connectivity index is 2.14. The van der Waals surface area contributed by atoms with Gasteiger partial charge in [0.2, 0.25) is 0 Å². The number of urea groups is 1. The van der Waals surface area contributed by atoms with E-state index in [1.54, 1.807) is 27.0 Å². The summed E-state index contributed by atoms with van der Waals surface area (Å²) in [6, 6.07) is 7.75. The molecule has 1 aliphatic heterocycles. The van der Waals surface area contributed by atoms with Gasteiger partial charge in [0.05, 0.1) is 30.5 Å². The molecule has 0 radical (unpaired) electrons. The highest BCUT2D eigenvalue weighted by molar-refractivity contribution is 5.96. The molecule has 2 amide bonds. The Hall–Kier alpha value is -3.62. The Bertz CT molecular complexity index is 965. The molecule has 1 atom stereocenters. The second kappa shape index (κ2) is 8.59. The first-order chi connectivity index (χ1) is 14.0. The Labute approximate surface area is 167 Å². The number of amides is 2. The Morgan fingerprint density at radius 2 is 1.76 bits per heavy atom. The molecule has 1 aromatic heterocycles. The quantitative estimate of drug-likeness (QED) is 0.722. The van der Waals surface area contributed by atoms with Gasteiger partial charge in [-0.25, -0.2) is 19.1 Å². The number of rotatable bonds is 6. The summed E-state index contributed by atoms with van der Waals surface area (Å²) in [6.45, 7) is 5.31. The Morgan fingerprint density at radius 1 is 1.10 bits per heavy atom. The van der Waals surface area contributed by atoms with Crippen molar-refractivity contribution in [1.29, 1.82) is 0 Å². The lowest BCUT2D eigenvalue weighted by atomic mass is 9.96. The second-order valence-corrected chi connectivity index (χ2v) is 6.22. The number of aromatic nitrogens is 2. The number of esters is 2. The van der Waals surface area contributed by atoms with Gasteiger partial charge in [-0.2, -0.15) is 5.10 Å². The van der Waals surface area contributed by atoms with Crippen molar-refractivity contribution in [1.82, 2.24) is 20.4 Å². The van der Waals surface area contributed by atoms with E-state index in [0.29, 0.717) is 16.9 Å². The minimum Gasteiger partial charge on any atom is -0.463 e. The molecule has 152 valence electrons. The number of ether oxygens (including phenoxy) is 2. The third kappa shape index (κ3) is 4.13. The molecule has 0 saturated heterocycles. The zero-order valence-electron chi connectivity index (χ0n) is 16.4. The maximum Gasteiger partial charge on any atom is 0.359 e. The average Bonchev–Trinajstić information content (AvgIpc) is 3.14. The van der Waals surface area contributed by atoms with Gasteiger partial charge >= 0.3 is 18.0 Å². The highest BCUT2D eigenvalue weighted by atomic mass is 16.5. The first-order valence-electron chi connectivity index (χ1n) is 9.23. The van der Waals surface area contributed by atoms with Crippen LogP contribution in [-0.2, 0) is 14.3 Å². The lowest BCUT2D eigenvalue weighted by Crippen LogP contribution is -2.45. The molecule has 0 spiro atoms. The van der Waals surface area contributed by atoms with Crippen molar-refractivity contribution < 1.29 is 23.9 Å². The highest BCUT2D eigenvalue weighted by Crippen LogP contribution is 2.30. The lowest BCUT2D eigenvalue weighted by Gasteiger charge is -2.27. The van der Waals surface area contributed by atoms with E-state index in [1.165, 1.54) is 4.68 Å².